The Balaban J connectivity index is 2.03. The molecule has 208 valence electrons. The third-order valence-electron chi connectivity index (χ3n) is 5.88. The first-order chi connectivity index (χ1) is 18.3. The molecule has 0 bridgehead atoms. The monoisotopic (exact) mass is 555 g/mol. The topological polar surface area (TPSA) is 96.0 Å². The van der Waals surface area contributed by atoms with Crippen LogP contribution in [0.15, 0.2) is 83.8 Å². The molecule has 0 aromatic heterocycles. The molecule has 10 heteroatoms. The molecule has 0 aliphatic heterocycles. The molecule has 0 spiro atoms. The lowest BCUT2D eigenvalue weighted by molar-refractivity contribution is -0.140. The van der Waals surface area contributed by atoms with Gasteiger partial charge in [0.1, 0.15) is 24.2 Å². The van der Waals surface area contributed by atoms with E-state index >= 15 is 0 Å². The van der Waals surface area contributed by atoms with Crippen LogP contribution in [0.25, 0.3) is 0 Å². The minimum Gasteiger partial charge on any atom is -0.497 e. The summed E-state index contributed by atoms with van der Waals surface area (Å²) in [5, 5.41) is 2.88. The molecule has 1 atom stereocenters. The maximum Gasteiger partial charge on any atom is 0.264 e. The third-order valence-corrected chi connectivity index (χ3v) is 7.67. The quantitative estimate of drug-likeness (QED) is 0.401. The predicted octanol–water partition coefficient (Wildman–Crippen LogP) is 4.36. The predicted molar refractivity (Wildman–Crippen MR) is 148 cm³/mol. The number of nitrogens with one attached hydrogen (secondary N) is 1. The van der Waals surface area contributed by atoms with Crippen LogP contribution in [0.5, 0.6) is 5.75 Å². The molecule has 0 aliphatic carbocycles. The largest absolute Gasteiger partial charge is 0.497 e. The summed E-state index contributed by atoms with van der Waals surface area (Å²) in [6.07, 6.45) is 0. The number of ether oxygens (including phenoxy) is 1. The molecule has 0 heterocycles. The van der Waals surface area contributed by atoms with E-state index in [1.807, 2.05) is 20.8 Å². The van der Waals surface area contributed by atoms with Crippen LogP contribution in [-0.4, -0.2) is 50.4 Å². The lowest BCUT2D eigenvalue weighted by Crippen LogP contribution is -2.54. The fourth-order valence-electron chi connectivity index (χ4n) is 3.88. The van der Waals surface area contributed by atoms with Crippen LogP contribution in [0.4, 0.5) is 10.1 Å². The average molecular weight is 556 g/mol. The average Bonchev–Trinajstić information content (AvgIpc) is 2.90. The van der Waals surface area contributed by atoms with Gasteiger partial charge in [-0.3, -0.25) is 13.9 Å². The van der Waals surface area contributed by atoms with Crippen molar-refractivity contribution in [3.63, 3.8) is 0 Å². The van der Waals surface area contributed by atoms with Crippen molar-refractivity contribution in [3.8, 4) is 5.75 Å². The highest BCUT2D eigenvalue weighted by Crippen LogP contribution is 2.25. The summed E-state index contributed by atoms with van der Waals surface area (Å²) < 4.78 is 47.3. The van der Waals surface area contributed by atoms with Gasteiger partial charge in [0.05, 0.1) is 17.7 Å². The Kier molecular flexibility index (Phi) is 9.34. The van der Waals surface area contributed by atoms with Crippen molar-refractivity contribution in [2.75, 3.05) is 18.0 Å². The Morgan fingerprint density at radius 3 is 2.21 bits per heavy atom. The number of benzene rings is 3. The summed E-state index contributed by atoms with van der Waals surface area (Å²) in [6, 6.07) is 18.6. The van der Waals surface area contributed by atoms with Gasteiger partial charge in [-0.05, 0) is 81.8 Å². The van der Waals surface area contributed by atoms with E-state index in [0.29, 0.717) is 11.3 Å². The van der Waals surface area contributed by atoms with Gasteiger partial charge in [0.2, 0.25) is 11.8 Å². The number of halogens is 1. The fraction of sp³-hybridized carbons (Fsp3) is 0.310. The molecule has 3 aromatic rings. The van der Waals surface area contributed by atoms with Crippen molar-refractivity contribution < 1.29 is 27.1 Å². The van der Waals surface area contributed by atoms with Crippen LogP contribution in [-0.2, 0) is 26.2 Å². The van der Waals surface area contributed by atoms with E-state index in [2.05, 4.69) is 5.32 Å². The van der Waals surface area contributed by atoms with E-state index in [-0.39, 0.29) is 17.1 Å². The van der Waals surface area contributed by atoms with Crippen molar-refractivity contribution in [1.29, 1.82) is 0 Å². The first kappa shape index (κ1) is 29.6. The van der Waals surface area contributed by atoms with Gasteiger partial charge in [-0.25, -0.2) is 12.8 Å². The third kappa shape index (κ3) is 7.79. The maximum atomic E-state index is 13.9. The van der Waals surface area contributed by atoms with Crippen LogP contribution >= 0.6 is 0 Å². The van der Waals surface area contributed by atoms with Crippen LogP contribution in [0, 0.1) is 5.82 Å². The minimum absolute atomic E-state index is 0.0252. The van der Waals surface area contributed by atoms with E-state index < -0.39 is 45.8 Å². The van der Waals surface area contributed by atoms with Crippen LogP contribution in [0.3, 0.4) is 0 Å². The Labute approximate surface area is 229 Å². The lowest BCUT2D eigenvalue weighted by Gasteiger charge is -2.33. The number of hydrogen-bond acceptors (Lipinski definition) is 5. The minimum atomic E-state index is -4.21. The number of methoxy groups -OCH3 is 1. The number of carbonyl (C=O) groups is 2. The Morgan fingerprint density at radius 1 is 0.974 bits per heavy atom. The summed E-state index contributed by atoms with van der Waals surface area (Å²) in [5.41, 5.74) is 0.256. The molecule has 0 radical (unpaired) electrons. The van der Waals surface area contributed by atoms with Gasteiger partial charge in [-0.15, -0.1) is 0 Å². The second-order valence-corrected chi connectivity index (χ2v) is 12.0. The standard InChI is InChI=1S/C29H34FN3O5S/c1-21(28(35)31-29(2,3)4)32(19-22-10-9-11-25(18-22)38-5)27(34)20-33(24-16-14-23(30)15-17-24)39(36,37)26-12-7-6-8-13-26/h6-18,21H,19-20H2,1-5H3,(H,31,35). The molecule has 3 rings (SSSR count). The van der Waals surface area contributed by atoms with E-state index in [4.69, 9.17) is 4.74 Å². The number of rotatable bonds is 10. The van der Waals surface area contributed by atoms with Gasteiger partial charge in [0.25, 0.3) is 10.0 Å². The molecule has 0 fully saturated rings. The highest BCUT2D eigenvalue weighted by atomic mass is 32.2. The number of hydrogen-bond donors (Lipinski definition) is 1. The molecular weight excluding hydrogens is 521 g/mol. The number of amides is 2. The van der Waals surface area contributed by atoms with Gasteiger partial charge in [0.15, 0.2) is 0 Å². The molecule has 0 saturated heterocycles. The SMILES string of the molecule is COc1cccc(CN(C(=O)CN(c2ccc(F)cc2)S(=O)(=O)c2ccccc2)C(C)C(=O)NC(C)(C)C)c1. The summed E-state index contributed by atoms with van der Waals surface area (Å²) in [5.74, 6) is -0.975. The Bertz CT molecular complexity index is 1390. The Hall–Kier alpha value is -3.92. The van der Waals surface area contributed by atoms with Gasteiger partial charge >= 0.3 is 0 Å². The molecule has 0 saturated carbocycles. The molecule has 1 N–H and O–H groups in total. The van der Waals surface area contributed by atoms with Gasteiger partial charge < -0.3 is 15.0 Å². The van der Waals surface area contributed by atoms with E-state index in [1.54, 1.807) is 49.4 Å². The Morgan fingerprint density at radius 2 is 1.62 bits per heavy atom. The van der Waals surface area contributed by atoms with E-state index in [1.165, 1.54) is 36.3 Å². The van der Waals surface area contributed by atoms with Gasteiger partial charge in [-0.1, -0.05) is 30.3 Å². The van der Waals surface area contributed by atoms with Crippen molar-refractivity contribution in [2.45, 2.75) is 50.7 Å². The zero-order valence-electron chi connectivity index (χ0n) is 22.7. The molecule has 2 amide bonds. The molecule has 1 unspecified atom stereocenters. The second kappa shape index (κ2) is 12.3. The van der Waals surface area contributed by atoms with Crippen molar-refractivity contribution in [2.24, 2.45) is 0 Å². The number of carbonyl (C=O) groups excluding carboxylic acids is 2. The molecule has 39 heavy (non-hydrogen) atoms. The van der Waals surface area contributed by atoms with Crippen molar-refractivity contribution in [1.82, 2.24) is 10.2 Å². The summed E-state index contributed by atoms with van der Waals surface area (Å²) in [4.78, 5) is 28.3. The highest BCUT2D eigenvalue weighted by molar-refractivity contribution is 7.92. The molecule has 0 aliphatic rings. The first-order valence-corrected chi connectivity index (χ1v) is 13.8. The van der Waals surface area contributed by atoms with E-state index in [9.17, 15) is 22.4 Å². The highest BCUT2D eigenvalue weighted by Gasteiger charge is 2.33. The van der Waals surface area contributed by atoms with Gasteiger partial charge in [0, 0.05) is 12.1 Å². The number of anilines is 1. The first-order valence-electron chi connectivity index (χ1n) is 12.4. The van der Waals surface area contributed by atoms with Crippen LogP contribution in [0.1, 0.15) is 33.3 Å². The molecular formula is C29H34FN3O5S. The van der Waals surface area contributed by atoms with Crippen molar-refractivity contribution in [3.05, 3.63) is 90.2 Å². The zero-order chi connectivity index (χ0) is 28.8. The van der Waals surface area contributed by atoms with Gasteiger partial charge in [-0.2, -0.15) is 0 Å². The lowest BCUT2D eigenvalue weighted by atomic mass is 10.1. The summed E-state index contributed by atoms with van der Waals surface area (Å²) in [6.45, 7) is 6.49. The van der Waals surface area contributed by atoms with Crippen LogP contribution < -0.4 is 14.4 Å². The number of nitrogens with zero attached hydrogens (tertiary/aromatic N) is 2. The summed E-state index contributed by atoms with van der Waals surface area (Å²) >= 11 is 0. The normalized spacial score (nSPS) is 12.4. The zero-order valence-corrected chi connectivity index (χ0v) is 23.5. The van der Waals surface area contributed by atoms with Crippen molar-refractivity contribution >= 4 is 27.5 Å². The maximum absolute atomic E-state index is 13.9. The second-order valence-electron chi connectivity index (χ2n) is 10.1. The molecule has 8 nitrogen and oxygen atoms in total. The summed E-state index contributed by atoms with van der Waals surface area (Å²) in [7, 11) is -2.69. The van der Waals surface area contributed by atoms with E-state index in [0.717, 1.165) is 16.4 Å². The molecule has 3 aromatic carbocycles. The van der Waals surface area contributed by atoms with Crippen LogP contribution in [0.2, 0.25) is 0 Å². The number of sulfonamides is 1. The fourth-order valence-corrected chi connectivity index (χ4v) is 5.32. The smallest absolute Gasteiger partial charge is 0.264 e.